The second-order valence-electron chi connectivity index (χ2n) is 9.65. The van der Waals surface area contributed by atoms with E-state index >= 15 is 8.78 Å². The van der Waals surface area contributed by atoms with E-state index in [0.717, 1.165) is 26.2 Å². The normalized spacial score (nSPS) is 31.6. The summed E-state index contributed by atoms with van der Waals surface area (Å²) >= 11 is 0. The summed E-state index contributed by atoms with van der Waals surface area (Å²) in [7, 11) is 0. The molecule has 2 aliphatic rings. The van der Waals surface area contributed by atoms with Crippen molar-refractivity contribution in [1.29, 1.82) is 5.26 Å². The van der Waals surface area contributed by atoms with E-state index in [9.17, 15) is 25.4 Å². The summed E-state index contributed by atoms with van der Waals surface area (Å²) in [6.45, 7) is 0.0119. The molecular weight excluding hydrogens is 460 g/mol. The Labute approximate surface area is 202 Å². The minimum atomic E-state index is -2.92. The molecule has 4 N–H and O–H groups in total. The number of ether oxygens (including phenoxy) is 1. The number of hydrogen-bond acceptors (Lipinski definition) is 6. The molecule has 8 nitrogen and oxygen atoms in total. The van der Waals surface area contributed by atoms with Crippen LogP contribution in [0.25, 0.3) is 10.8 Å². The van der Waals surface area contributed by atoms with Gasteiger partial charge in [0.25, 0.3) is 0 Å². The van der Waals surface area contributed by atoms with Crippen LogP contribution in [0, 0.1) is 17.2 Å². The van der Waals surface area contributed by atoms with Gasteiger partial charge in [0.2, 0.25) is 11.8 Å². The van der Waals surface area contributed by atoms with Crippen LogP contribution >= 0.6 is 0 Å². The highest BCUT2D eigenvalue weighted by atomic mass is 19.2. The number of aliphatic hydroxyl groups is 3. The summed E-state index contributed by atoms with van der Waals surface area (Å²) in [6, 6.07) is 6.11. The summed E-state index contributed by atoms with van der Waals surface area (Å²) in [5.41, 5.74) is 0.0683. The molecule has 1 aromatic heterocycles. The highest BCUT2D eigenvalue weighted by Crippen LogP contribution is 2.43. The lowest BCUT2D eigenvalue weighted by Crippen LogP contribution is -2.67. The van der Waals surface area contributed by atoms with Crippen molar-refractivity contribution >= 4 is 16.7 Å². The lowest BCUT2D eigenvalue weighted by molar-refractivity contribution is -0.278. The molecule has 1 amide bonds. The quantitative estimate of drug-likeness (QED) is 0.491. The third-order valence-electron chi connectivity index (χ3n) is 7.26. The number of halogens is 2. The first kappa shape index (κ1) is 25.5. The lowest BCUT2D eigenvalue weighted by atomic mass is 9.84. The van der Waals surface area contributed by atoms with Crippen LogP contribution in [0.4, 0.5) is 8.78 Å². The predicted octanol–water partition coefficient (Wildman–Crippen LogP) is 2.26. The van der Waals surface area contributed by atoms with Gasteiger partial charge in [-0.3, -0.25) is 4.79 Å². The molecule has 2 unspecified atom stereocenters. The van der Waals surface area contributed by atoms with Crippen LogP contribution < -0.4 is 5.32 Å². The summed E-state index contributed by atoms with van der Waals surface area (Å²) in [4.78, 5) is 13.2. The van der Waals surface area contributed by atoms with Crippen LogP contribution in [-0.2, 0) is 9.53 Å². The summed E-state index contributed by atoms with van der Waals surface area (Å²) in [6.07, 6.45) is -1.94. The highest BCUT2D eigenvalue weighted by Gasteiger charge is 2.57. The first-order valence-electron chi connectivity index (χ1n) is 12.0. The fourth-order valence-electron chi connectivity index (χ4n) is 5.36. The van der Waals surface area contributed by atoms with Gasteiger partial charge in [-0.15, -0.1) is 0 Å². The Kier molecular flexibility index (Phi) is 7.43. The molecule has 1 saturated heterocycles. The number of benzene rings is 1. The fourth-order valence-corrected chi connectivity index (χ4v) is 5.36. The molecule has 190 valence electrons. The zero-order valence-corrected chi connectivity index (χ0v) is 19.5. The third kappa shape index (κ3) is 4.78. The van der Waals surface area contributed by atoms with Gasteiger partial charge in [-0.05, 0) is 19.8 Å². The first-order chi connectivity index (χ1) is 16.7. The van der Waals surface area contributed by atoms with Crippen molar-refractivity contribution < 1.29 is 33.6 Å². The van der Waals surface area contributed by atoms with Crippen molar-refractivity contribution in [1.82, 2.24) is 9.88 Å². The molecule has 1 aromatic carbocycles. The number of carbonyl (C=O) groups is 1. The molecule has 0 spiro atoms. The Morgan fingerprint density at radius 3 is 2.66 bits per heavy atom. The van der Waals surface area contributed by atoms with Crippen molar-refractivity contribution in [3.05, 3.63) is 36.2 Å². The second kappa shape index (κ2) is 10.2. The van der Waals surface area contributed by atoms with E-state index in [2.05, 4.69) is 5.32 Å². The summed E-state index contributed by atoms with van der Waals surface area (Å²) in [5, 5.41) is 44.0. The van der Waals surface area contributed by atoms with E-state index in [-0.39, 0.29) is 17.5 Å². The first-order valence-corrected chi connectivity index (χ1v) is 12.0. The molecular formula is C25H31F2N3O5. The van der Waals surface area contributed by atoms with Crippen LogP contribution in [0.3, 0.4) is 0 Å². The molecule has 7 atom stereocenters. The highest BCUT2D eigenvalue weighted by molar-refractivity contribution is 5.87. The van der Waals surface area contributed by atoms with E-state index in [0.29, 0.717) is 23.6 Å². The number of aliphatic hydroxyl groups excluding tert-OH is 3. The van der Waals surface area contributed by atoms with E-state index in [4.69, 9.17) is 4.74 Å². The van der Waals surface area contributed by atoms with Crippen LogP contribution in [0.15, 0.2) is 30.5 Å². The number of alkyl halides is 2. The van der Waals surface area contributed by atoms with Gasteiger partial charge in [-0.2, -0.15) is 5.26 Å². The number of nitrogens with zero attached hydrogens (tertiary/aromatic N) is 2. The molecule has 2 fully saturated rings. The molecule has 4 rings (SSSR count). The van der Waals surface area contributed by atoms with Crippen molar-refractivity contribution in [3.8, 4) is 6.07 Å². The molecule has 1 saturated carbocycles. The maximum absolute atomic E-state index is 15.8. The minimum absolute atomic E-state index is 0.0683. The van der Waals surface area contributed by atoms with Crippen molar-refractivity contribution in [3.63, 3.8) is 0 Å². The number of nitriles is 1. The molecule has 2 heterocycles. The maximum Gasteiger partial charge on any atom is 0.240 e. The van der Waals surface area contributed by atoms with Gasteiger partial charge < -0.3 is 29.9 Å². The average Bonchev–Trinajstić information content (AvgIpc) is 3.24. The second-order valence-corrected chi connectivity index (χ2v) is 9.65. The van der Waals surface area contributed by atoms with Crippen LogP contribution in [-0.4, -0.2) is 68.8 Å². The topological polar surface area (TPSA) is 128 Å². The zero-order chi connectivity index (χ0) is 25.3. The predicted molar refractivity (Wildman–Crippen MR) is 123 cm³/mol. The van der Waals surface area contributed by atoms with Gasteiger partial charge >= 0.3 is 0 Å². The van der Waals surface area contributed by atoms with Gasteiger partial charge in [0.1, 0.15) is 30.1 Å². The van der Waals surface area contributed by atoms with Gasteiger partial charge in [-0.25, -0.2) is 8.78 Å². The molecule has 1 aliphatic carbocycles. The Morgan fingerprint density at radius 1 is 1.31 bits per heavy atom. The molecule has 0 bridgehead atoms. The minimum Gasteiger partial charge on any atom is -0.394 e. The average molecular weight is 492 g/mol. The fraction of sp³-hybridized carbons (Fsp3) is 0.600. The standard InChI is InChI=1S/C25H31F2N3O5/c1-25(27)23(26)20(30-12-15-9-5-6-10-16(15)17(30)11-28)19(22(35-25)21(33)18(32)13-31)29-24(34)14-7-3-2-4-8-14/h5-6,9-10,12,14,18-23,31-33H,2-4,7-8,13H2,1H3,(H,29,34)/t18-,19-,20-,21-,22-,23?,25?/m1/s1. The third-order valence-corrected chi connectivity index (χ3v) is 7.26. The number of carbonyl (C=O) groups excluding carboxylic acids is 1. The van der Waals surface area contributed by atoms with Gasteiger partial charge in [0.15, 0.2) is 6.17 Å². The Morgan fingerprint density at radius 2 is 2.00 bits per heavy atom. The number of amides is 1. The Bertz CT molecular complexity index is 1090. The Hall–Kier alpha value is -2.58. The zero-order valence-electron chi connectivity index (χ0n) is 19.5. The van der Waals surface area contributed by atoms with Gasteiger partial charge in [0, 0.05) is 22.9 Å². The van der Waals surface area contributed by atoms with E-state index in [1.54, 1.807) is 24.3 Å². The van der Waals surface area contributed by atoms with Gasteiger partial charge in [-0.1, -0.05) is 43.5 Å². The summed E-state index contributed by atoms with van der Waals surface area (Å²) < 4.78 is 37.9. The molecule has 35 heavy (non-hydrogen) atoms. The molecule has 10 heteroatoms. The maximum atomic E-state index is 15.8. The van der Waals surface area contributed by atoms with E-state index in [1.807, 2.05) is 6.07 Å². The monoisotopic (exact) mass is 491 g/mol. The number of fused-ring (bicyclic) bond motifs is 1. The number of nitrogens with one attached hydrogen (secondary N) is 1. The number of rotatable bonds is 6. The van der Waals surface area contributed by atoms with E-state index in [1.165, 1.54) is 10.8 Å². The molecule has 1 aliphatic heterocycles. The molecule has 0 radical (unpaired) electrons. The van der Waals surface area contributed by atoms with Crippen LogP contribution in [0.1, 0.15) is 50.8 Å². The smallest absolute Gasteiger partial charge is 0.240 e. The van der Waals surface area contributed by atoms with E-state index < -0.39 is 49.0 Å². The van der Waals surface area contributed by atoms with Crippen LogP contribution in [0.5, 0.6) is 0 Å². The lowest BCUT2D eigenvalue weighted by Gasteiger charge is -2.48. The Balaban J connectivity index is 1.82. The van der Waals surface area contributed by atoms with Crippen molar-refractivity contribution in [2.75, 3.05) is 6.61 Å². The SMILES string of the molecule is CC1(F)O[C@@H]([C@H](O)[C@H](O)CO)[C@H](NC(=O)C2CCCCC2)[C@@H](n2cc3ccccc3c2C#N)C1F. The van der Waals surface area contributed by atoms with Crippen molar-refractivity contribution in [2.24, 2.45) is 5.92 Å². The largest absolute Gasteiger partial charge is 0.394 e. The number of aromatic nitrogens is 1. The number of hydrogen-bond donors (Lipinski definition) is 4. The van der Waals surface area contributed by atoms with Gasteiger partial charge in [0.05, 0.1) is 18.7 Å². The molecule has 2 aromatic rings. The van der Waals surface area contributed by atoms with Crippen molar-refractivity contribution in [2.45, 2.75) is 81.4 Å². The van der Waals surface area contributed by atoms with Crippen LogP contribution in [0.2, 0.25) is 0 Å². The summed E-state index contributed by atoms with van der Waals surface area (Å²) in [5.74, 6) is -3.63.